The van der Waals surface area contributed by atoms with Gasteiger partial charge in [-0.05, 0) is 48.6 Å². The monoisotopic (exact) mass is 376 g/mol. The molecule has 3 aromatic rings. The summed E-state index contributed by atoms with van der Waals surface area (Å²) in [6, 6.07) is 14.1. The zero-order valence-corrected chi connectivity index (χ0v) is 15.4. The maximum Gasteiger partial charge on any atom is 0.323 e. The van der Waals surface area contributed by atoms with Crippen LogP contribution in [0.1, 0.15) is 5.56 Å². The first kappa shape index (κ1) is 18.3. The number of anilines is 2. The van der Waals surface area contributed by atoms with Crippen molar-refractivity contribution in [1.29, 1.82) is 0 Å². The van der Waals surface area contributed by atoms with Crippen molar-refractivity contribution in [1.82, 2.24) is 9.78 Å². The van der Waals surface area contributed by atoms with Crippen molar-refractivity contribution >= 4 is 35.1 Å². The Kier molecular flexibility index (Phi) is 5.60. The van der Waals surface area contributed by atoms with Crippen LogP contribution >= 0.6 is 11.6 Å². The van der Waals surface area contributed by atoms with E-state index in [1.807, 2.05) is 37.4 Å². The van der Waals surface area contributed by atoms with Gasteiger partial charge >= 0.3 is 6.03 Å². The predicted molar refractivity (Wildman–Crippen MR) is 111 cm³/mol. The molecule has 5 nitrogen and oxygen atoms in total. The van der Waals surface area contributed by atoms with Crippen LogP contribution in [0.5, 0.6) is 0 Å². The number of benzene rings is 2. The number of rotatable bonds is 4. The molecule has 27 heavy (non-hydrogen) atoms. The van der Waals surface area contributed by atoms with Crippen molar-refractivity contribution in [2.75, 3.05) is 10.6 Å². The minimum atomic E-state index is -0.341. The highest BCUT2D eigenvalue weighted by Gasteiger charge is 2.10. The first-order valence-electron chi connectivity index (χ1n) is 8.15. The molecular formula is C21H17ClN4O. The number of nitrogens with zero attached hydrogens (tertiary/aromatic N) is 2. The summed E-state index contributed by atoms with van der Waals surface area (Å²) in [5.41, 5.74) is 4.03. The molecule has 0 saturated carbocycles. The van der Waals surface area contributed by atoms with Gasteiger partial charge in [0.05, 0.1) is 11.9 Å². The Bertz CT molecular complexity index is 1030. The number of hydrogen-bond acceptors (Lipinski definition) is 2. The third kappa shape index (κ3) is 4.57. The Morgan fingerprint density at radius 1 is 1.19 bits per heavy atom. The molecule has 0 fully saturated rings. The first-order chi connectivity index (χ1) is 13.1. The molecule has 0 aliphatic carbocycles. The van der Waals surface area contributed by atoms with E-state index >= 15 is 0 Å². The van der Waals surface area contributed by atoms with Crippen molar-refractivity contribution in [2.24, 2.45) is 7.05 Å². The van der Waals surface area contributed by atoms with Gasteiger partial charge in [0, 0.05) is 34.6 Å². The quantitative estimate of drug-likeness (QED) is 0.627. The van der Waals surface area contributed by atoms with Crippen LogP contribution in [0.2, 0.25) is 5.02 Å². The SMILES string of the molecule is C#CC=Cc1cnn(C)c1-c1cccc(NC(=O)Nc2ccc(Cl)cc2)c1. The summed E-state index contributed by atoms with van der Waals surface area (Å²) < 4.78 is 1.77. The lowest BCUT2D eigenvalue weighted by molar-refractivity contribution is 0.262. The molecule has 0 saturated heterocycles. The van der Waals surface area contributed by atoms with E-state index in [1.54, 1.807) is 41.2 Å². The van der Waals surface area contributed by atoms with Gasteiger partial charge in [-0.3, -0.25) is 4.68 Å². The second-order valence-electron chi connectivity index (χ2n) is 5.74. The highest BCUT2D eigenvalue weighted by atomic mass is 35.5. The van der Waals surface area contributed by atoms with Gasteiger partial charge in [-0.2, -0.15) is 5.10 Å². The summed E-state index contributed by atoms with van der Waals surface area (Å²) in [6.07, 6.45) is 10.5. The highest BCUT2D eigenvalue weighted by molar-refractivity contribution is 6.30. The Hall–Kier alpha value is -3.49. The molecule has 2 amide bonds. The Balaban J connectivity index is 1.79. The molecule has 2 N–H and O–H groups in total. The molecule has 0 spiro atoms. The van der Waals surface area contributed by atoms with E-state index in [-0.39, 0.29) is 6.03 Å². The Morgan fingerprint density at radius 3 is 2.67 bits per heavy atom. The minimum absolute atomic E-state index is 0.341. The molecule has 0 aliphatic rings. The standard InChI is InChI=1S/C21H17ClN4O/c1-3-4-6-16-14-23-26(2)20(16)15-7-5-8-19(13-15)25-21(27)24-18-11-9-17(22)10-12-18/h1,4-14H,2H3,(H2,24,25,27). The molecule has 134 valence electrons. The minimum Gasteiger partial charge on any atom is -0.308 e. The van der Waals surface area contributed by atoms with Crippen molar-refractivity contribution in [2.45, 2.75) is 0 Å². The summed E-state index contributed by atoms with van der Waals surface area (Å²) in [5, 5.41) is 10.5. The van der Waals surface area contributed by atoms with Crippen LogP contribution < -0.4 is 10.6 Å². The lowest BCUT2D eigenvalue weighted by atomic mass is 10.1. The molecule has 0 aliphatic heterocycles. The van der Waals surface area contributed by atoms with E-state index in [0.717, 1.165) is 16.8 Å². The molecule has 1 aromatic heterocycles. The van der Waals surface area contributed by atoms with Gasteiger partial charge in [0.15, 0.2) is 0 Å². The van der Waals surface area contributed by atoms with Crippen LogP contribution in [0.3, 0.4) is 0 Å². The first-order valence-corrected chi connectivity index (χ1v) is 8.53. The number of allylic oxidation sites excluding steroid dienone is 1. The number of nitrogens with one attached hydrogen (secondary N) is 2. The maximum absolute atomic E-state index is 12.2. The van der Waals surface area contributed by atoms with E-state index < -0.39 is 0 Å². The van der Waals surface area contributed by atoms with Crippen LogP contribution in [0.4, 0.5) is 16.2 Å². The van der Waals surface area contributed by atoms with Crippen molar-refractivity contribution < 1.29 is 4.79 Å². The third-order valence-corrected chi connectivity index (χ3v) is 4.07. The second kappa shape index (κ2) is 8.26. The third-order valence-electron chi connectivity index (χ3n) is 3.82. The number of aryl methyl sites for hydroxylation is 1. The average molecular weight is 377 g/mol. The van der Waals surface area contributed by atoms with Gasteiger partial charge in [0.25, 0.3) is 0 Å². The van der Waals surface area contributed by atoms with Crippen molar-refractivity contribution in [3.63, 3.8) is 0 Å². The number of terminal acetylenes is 1. The fourth-order valence-corrected chi connectivity index (χ4v) is 2.76. The van der Waals surface area contributed by atoms with Gasteiger partial charge in [0.2, 0.25) is 0 Å². The maximum atomic E-state index is 12.2. The summed E-state index contributed by atoms with van der Waals surface area (Å²) in [5.74, 6) is 2.48. The van der Waals surface area contributed by atoms with E-state index in [1.165, 1.54) is 0 Å². The van der Waals surface area contributed by atoms with Gasteiger partial charge in [-0.1, -0.05) is 29.7 Å². The number of aromatic nitrogens is 2. The molecule has 0 radical (unpaired) electrons. The molecule has 0 unspecified atom stereocenters. The lowest BCUT2D eigenvalue weighted by Crippen LogP contribution is -2.19. The fourth-order valence-electron chi connectivity index (χ4n) is 2.64. The zero-order chi connectivity index (χ0) is 19.2. The molecule has 2 aromatic carbocycles. The zero-order valence-electron chi connectivity index (χ0n) is 14.6. The number of urea groups is 1. The van der Waals surface area contributed by atoms with Gasteiger partial charge in [-0.15, -0.1) is 6.42 Å². The highest BCUT2D eigenvalue weighted by Crippen LogP contribution is 2.26. The van der Waals surface area contributed by atoms with Crippen LogP contribution in [0.15, 0.2) is 60.8 Å². The van der Waals surface area contributed by atoms with Crippen LogP contribution in [-0.2, 0) is 7.05 Å². The van der Waals surface area contributed by atoms with Crippen LogP contribution in [-0.4, -0.2) is 15.8 Å². The second-order valence-corrected chi connectivity index (χ2v) is 6.18. The van der Waals surface area contributed by atoms with E-state index in [0.29, 0.717) is 16.4 Å². The van der Waals surface area contributed by atoms with E-state index in [2.05, 4.69) is 21.7 Å². The van der Waals surface area contributed by atoms with E-state index in [9.17, 15) is 4.79 Å². The topological polar surface area (TPSA) is 59.0 Å². The number of carbonyl (C=O) groups excluding carboxylic acids is 1. The largest absolute Gasteiger partial charge is 0.323 e. The molecular weight excluding hydrogens is 360 g/mol. The van der Waals surface area contributed by atoms with Gasteiger partial charge in [-0.25, -0.2) is 4.79 Å². The Morgan fingerprint density at radius 2 is 1.93 bits per heavy atom. The predicted octanol–water partition coefficient (Wildman–Crippen LogP) is 5.03. The molecule has 6 heteroatoms. The number of hydrogen-bond donors (Lipinski definition) is 2. The molecule has 3 rings (SSSR count). The summed E-state index contributed by atoms with van der Waals surface area (Å²) >= 11 is 5.85. The van der Waals surface area contributed by atoms with Crippen LogP contribution in [0.25, 0.3) is 17.3 Å². The summed E-state index contributed by atoms with van der Waals surface area (Å²) in [7, 11) is 1.86. The number of halogens is 1. The van der Waals surface area contributed by atoms with E-state index in [4.69, 9.17) is 18.0 Å². The van der Waals surface area contributed by atoms with Crippen molar-refractivity contribution in [3.8, 4) is 23.6 Å². The molecule has 0 atom stereocenters. The van der Waals surface area contributed by atoms with Crippen LogP contribution in [0, 0.1) is 12.3 Å². The lowest BCUT2D eigenvalue weighted by Gasteiger charge is -2.10. The van der Waals surface area contributed by atoms with Gasteiger partial charge < -0.3 is 10.6 Å². The number of amides is 2. The normalized spacial score (nSPS) is 10.6. The number of carbonyl (C=O) groups is 1. The Labute approximate surface area is 162 Å². The summed E-state index contributed by atoms with van der Waals surface area (Å²) in [4.78, 5) is 12.2. The molecule has 1 heterocycles. The van der Waals surface area contributed by atoms with Gasteiger partial charge in [0.1, 0.15) is 0 Å². The average Bonchev–Trinajstić information content (AvgIpc) is 3.02. The fraction of sp³-hybridized carbons (Fsp3) is 0.0476. The summed E-state index contributed by atoms with van der Waals surface area (Å²) in [6.45, 7) is 0. The smallest absolute Gasteiger partial charge is 0.308 e. The molecule has 0 bridgehead atoms. The van der Waals surface area contributed by atoms with Crippen molar-refractivity contribution in [3.05, 3.63) is 71.4 Å².